The number of aliphatic imine (C=N–C) groups is 1. The maximum Gasteiger partial charge on any atom is 0.322 e. The summed E-state index contributed by atoms with van der Waals surface area (Å²) in [6, 6.07) is -0.796. The van der Waals surface area contributed by atoms with E-state index in [-0.39, 0.29) is 30.3 Å². The molecule has 1 amide bonds. The van der Waals surface area contributed by atoms with Gasteiger partial charge in [0.15, 0.2) is 0 Å². The number of ether oxygens (including phenoxy) is 1. The summed E-state index contributed by atoms with van der Waals surface area (Å²) in [5, 5.41) is 6.45. The normalized spacial score (nSPS) is 17.1. The summed E-state index contributed by atoms with van der Waals surface area (Å²) in [5.74, 6) is -0.0114. The first-order chi connectivity index (χ1) is 9.27. The third-order valence-electron chi connectivity index (χ3n) is 1.99. The molecular weight excluding hydrogens is 298 g/mol. The third-order valence-corrected chi connectivity index (χ3v) is 1.99. The minimum atomic E-state index is -0.491. The number of hydrazone groups is 1. The Morgan fingerprint density at radius 3 is 2.43 bits per heavy atom. The van der Waals surface area contributed by atoms with Crippen LogP contribution in [-0.2, 0) is 14.3 Å². The van der Waals surface area contributed by atoms with E-state index in [9.17, 15) is 9.59 Å². The Balaban J connectivity index is 0. The molecular formula is C12H24ClN5O3. The van der Waals surface area contributed by atoms with Crippen LogP contribution in [0.25, 0.3) is 0 Å². The number of guanidine groups is 1. The summed E-state index contributed by atoms with van der Waals surface area (Å²) in [6.07, 6.45) is 0. The molecule has 2 atom stereocenters. The van der Waals surface area contributed by atoms with E-state index in [1.165, 1.54) is 0 Å². The number of rotatable bonds is 3. The monoisotopic (exact) mass is 321 g/mol. The minimum Gasteiger partial charge on any atom is -0.465 e. The minimum absolute atomic E-state index is 0. The predicted molar refractivity (Wildman–Crippen MR) is 84.5 cm³/mol. The molecule has 0 fully saturated rings. The average molecular weight is 322 g/mol. The third kappa shape index (κ3) is 9.80. The van der Waals surface area contributed by atoms with Gasteiger partial charge in [-0.05, 0) is 34.6 Å². The number of nitrogens with two attached hydrogens (primary N) is 1. The molecule has 21 heavy (non-hydrogen) atoms. The van der Waals surface area contributed by atoms with Gasteiger partial charge in [-0.3, -0.25) is 14.9 Å². The lowest BCUT2D eigenvalue weighted by Gasteiger charge is -2.02. The molecule has 1 rings (SSSR count). The number of hydrogen-bond donors (Lipinski definition) is 3. The Kier molecular flexibility index (Phi) is 11.4. The van der Waals surface area contributed by atoms with Crippen molar-refractivity contribution in [2.24, 2.45) is 15.8 Å². The highest BCUT2D eigenvalue weighted by atomic mass is 35.5. The van der Waals surface area contributed by atoms with Crippen LogP contribution in [-0.4, -0.2) is 42.2 Å². The first-order valence-corrected chi connectivity index (χ1v) is 6.35. The molecule has 0 bridgehead atoms. The second kappa shape index (κ2) is 11.0. The molecule has 0 radical (unpaired) electrons. The van der Waals surface area contributed by atoms with Gasteiger partial charge in [0.25, 0.3) is 5.91 Å². The van der Waals surface area contributed by atoms with Gasteiger partial charge in [0.1, 0.15) is 12.1 Å². The first kappa shape index (κ1) is 21.6. The summed E-state index contributed by atoms with van der Waals surface area (Å²) in [5.41, 5.74) is 8.68. The molecule has 0 aliphatic carbocycles. The van der Waals surface area contributed by atoms with Gasteiger partial charge in [0.2, 0.25) is 5.96 Å². The Morgan fingerprint density at radius 2 is 2.14 bits per heavy atom. The average Bonchev–Trinajstić information content (AvgIpc) is 2.67. The largest absolute Gasteiger partial charge is 0.465 e. The van der Waals surface area contributed by atoms with Crippen LogP contribution in [0.2, 0.25) is 0 Å². The van der Waals surface area contributed by atoms with Crippen molar-refractivity contribution in [2.75, 3.05) is 6.61 Å². The van der Waals surface area contributed by atoms with E-state index >= 15 is 0 Å². The number of carbonyl (C=O) groups is 2. The molecule has 1 aliphatic heterocycles. The SMILES string of the molecule is CC(C)=NNC1=NC(C)C(=O)N1.CCOC(=O)[C@H](C)N.Cl. The number of nitrogens with one attached hydrogen (secondary N) is 2. The van der Waals surface area contributed by atoms with Crippen molar-refractivity contribution in [3.8, 4) is 0 Å². The number of halogens is 1. The number of carbonyl (C=O) groups excluding carboxylic acids is 2. The maximum absolute atomic E-state index is 10.9. The van der Waals surface area contributed by atoms with E-state index in [2.05, 4.69) is 25.6 Å². The fraction of sp³-hybridized carbons (Fsp3) is 0.667. The molecule has 0 saturated carbocycles. The topological polar surface area (TPSA) is 118 Å². The van der Waals surface area contributed by atoms with E-state index in [4.69, 9.17) is 5.73 Å². The Morgan fingerprint density at radius 1 is 1.57 bits per heavy atom. The molecule has 4 N–H and O–H groups in total. The molecule has 1 unspecified atom stereocenters. The van der Waals surface area contributed by atoms with Crippen molar-refractivity contribution in [3.05, 3.63) is 0 Å². The Bertz CT molecular complexity index is 406. The molecule has 0 aromatic rings. The van der Waals surface area contributed by atoms with Crippen molar-refractivity contribution in [2.45, 2.75) is 46.7 Å². The molecule has 0 spiro atoms. The summed E-state index contributed by atoms with van der Waals surface area (Å²) in [4.78, 5) is 25.3. The summed E-state index contributed by atoms with van der Waals surface area (Å²) in [7, 11) is 0. The van der Waals surface area contributed by atoms with Crippen LogP contribution in [0.5, 0.6) is 0 Å². The van der Waals surface area contributed by atoms with Gasteiger partial charge >= 0.3 is 5.97 Å². The van der Waals surface area contributed by atoms with Gasteiger partial charge in [0.05, 0.1) is 6.61 Å². The number of amides is 1. The van der Waals surface area contributed by atoms with Crippen LogP contribution in [0.4, 0.5) is 0 Å². The Hall–Kier alpha value is -1.67. The zero-order valence-corrected chi connectivity index (χ0v) is 13.8. The quantitative estimate of drug-likeness (QED) is 0.389. The summed E-state index contributed by atoms with van der Waals surface area (Å²) < 4.78 is 4.54. The Labute approximate surface area is 131 Å². The summed E-state index contributed by atoms with van der Waals surface area (Å²) in [6.45, 7) is 9.19. The second-order valence-corrected chi connectivity index (χ2v) is 4.35. The van der Waals surface area contributed by atoms with Crippen molar-refractivity contribution in [1.29, 1.82) is 0 Å². The second-order valence-electron chi connectivity index (χ2n) is 4.35. The highest BCUT2D eigenvalue weighted by Crippen LogP contribution is 1.96. The standard InChI is InChI=1S/C7H12N4O.C5H11NO2.ClH/c1-4(2)10-11-7-8-5(3)6(12)9-7;1-3-8-5(7)4(2)6;/h5H,1-3H3,(H2,8,9,11,12);4H,3,6H2,1-2H3;1H/t;4-;/m.0./s1. The lowest BCUT2D eigenvalue weighted by Crippen LogP contribution is -2.34. The lowest BCUT2D eigenvalue weighted by atomic mass is 10.4. The zero-order chi connectivity index (χ0) is 15.7. The predicted octanol–water partition coefficient (Wildman–Crippen LogP) is 0.165. The molecule has 9 heteroatoms. The number of hydrogen-bond acceptors (Lipinski definition) is 7. The van der Waals surface area contributed by atoms with Crippen LogP contribution >= 0.6 is 12.4 Å². The van der Waals surface area contributed by atoms with Gasteiger partial charge < -0.3 is 10.5 Å². The van der Waals surface area contributed by atoms with Crippen molar-refractivity contribution in [3.63, 3.8) is 0 Å². The lowest BCUT2D eigenvalue weighted by molar-refractivity contribution is -0.144. The smallest absolute Gasteiger partial charge is 0.322 e. The molecule has 8 nitrogen and oxygen atoms in total. The molecule has 0 aromatic heterocycles. The van der Waals surface area contributed by atoms with E-state index < -0.39 is 6.04 Å². The fourth-order valence-corrected chi connectivity index (χ4v) is 1.00. The van der Waals surface area contributed by atoms with Crippen molar-refractivity contribution < 1.29 is 14.3 Å². The zero-order valence-electron chi connectivity index (χ0n) is 13.0. The van der Waals surface area contributed by atoms with E-state index in [1.807, 2.05) is 13.8 Å². The molecule has 0 aromatic carbocycles. The molecule has 1 heterocycles. The fourth-order valence-electron chi connectivity index (χ4n) is 1.00. The van der Waals surface area contributed by atoms with Gasteiger partial charge in [-0.15, -0.1) is 12.4 Å². The first-order valence-electron chi connectivity index (χ1n) is 6.35. The van der Waals surface area contributed by atoms with Gasteiger partial charge in [-0.2, -0.15) is 5.10 Å². The van der Waals surface area contributed by atoms with Gasteiger partial charge in [0, 0.05) is 5.71 Å². The van der Waals surface area contributed by atoms with E-state index in [0.717, 1.165) is 5.71 Å². The summed E-state index contributed by atoms with van der Waals surface area (Å²) >= 11 is 0. The van der Waals surface area contributed by atoms with Crippen molar-refractivity contribution in [1.82, 2.24) is 10.7 Å². The highest BCUT2D eigenvalue weighted by Gasteiger charge is 2.20. The molecule has 122 valence electrons. The molecule has 0 saturated heterocycles. The number of nitrogens with zero attached hydrogens (tertiary/aromatic N) is 2. The van der Waals surface area contributed by atoms with E-state index in [1.54, 1.807) is 20.8 Å². The van der Waals surface area contributed by atoms with Crippen LogP contribution in [0.15, 0.2) is 10.1 Å². The maximum atomic E-state index is 10.9. The molecule has 1 aliphatic rings. The van der Waals surface area contributed by atoms with Crippen LogP contribution in [0, 0.1) is 0 Å². The van der Waals surface area contributed by atoms with E-state index in [0.29, 0.717) is 12.6 Å². The van der Waals surface area contributed by atoms with Crippen LogP contribution in [0.1, 0.15) is 34.6 Å². The van der Waals surface area contributed by atoms with Gasteiger partial charge in [-0.1, -0.05) is 0 Å². The van der Waals surface area contributed by atoms with Crippen LogP contribution in [0.3, 0.4) is 0 Å². The highest BCUT2D eigenvalue weighted by molar-refractivity contribution is 6.04. The number of esters is 1. The van der Waals surface area contributed by atoms with Crippen LogP contribution < -0.4 is 16.5 Å². The van der Waals surface area contributed by atoms with Crippen molar-refractivity contribution >= 4 is 36.0 Å². The van der Waals surface area contributed by atoms with Gasteiger partial charge in [-0.25, -0.2) is 10.4 Å².